The molecule has 0 bridgehead atoms. The van der Waals surface area contributed by atoms with Crippen molar-refractivity contribution in [1.29, 1.82) is 0 Å². The average Bonchev–Trinajstić information content (AvgIpc) is 2.39. The third-order valence-electron chi connectivity index (χ3n) is 2.64. The lowest BCUT2D eigenvalue weighted by Crippen LogP contribution is -2.28. The molecular weight excluding hydrogens is 206 g/mol. The van der Waals surface area contributed by atoms with E-state index in [0.717, 1.165) is 30.2 Å². The van der Waals surface area contributed by atoms with Crippen molar-refractivity contribution in [3.63, 3.8) is 0 Å². The van der Waals surface area contributed by atoms with Crippen molar-refractivity contribution in [3.05, 3.63) is 23.8 Å². The lowest BCUT2D eigenvalue weighted by Gasteiger charge is -2.23. The van der Waals surface area contributed by atoms with E-state index in [4.69, 9.17) is 14.2 Å². The van der Waals surface area contributed by atoms with Gasteiger partial charge in [-0.15, -0.1) is 0 Å². The summed E-state index contributed by atoms with van der Waals surface area (Å²) in [6, 6.07) is 5.84. The molecule has 87 valence electrons. The summed E-state index contributed by atoms with van der Waals surface area (Å²) in [6.45, 7) is 2.21. The topological polar surface area (TPSA) is 41.8 Å². The van der Waals surface area contributed by atoms with E-state index >= 15 is 0 Å². The van der Waals surface area contributed by atoms with E-state index in [9.17, 15) is 0 Å². The second-order valence-corrected chi connectivity index (χ2v) is 3.60. The third-order valence-corrected chi connectivity index (χ3v) is 2.64. The summed E-state index contributed by atoms with van der Waals surface area (Å²) in [5.41, 5.74) is 1.08. The van der Waals surface area contributed by atoms with Gasteiger partial charge in [0.25, 0.3) is 0 Å². The molecule has 0 saturated carbocycles. The zero-order chi connectivity index (χ0) is 11.4. The van der Waals surface area contributed by atoms with Gasteiger partial charge in [-0.05, 0) is 17.7 Å². The Bertz CT molecular complexity index is 348. The molecule has 0 N–H and O–H groups in total. The molecular formula is C12H16NO3. The highest BCUT2D eigenvalue weighted by Crippen LogP contribution is 2.31. The minimum absolute atomic E-state index is 0.0496. The molecule has 1 aliphatic rings. The average molecular weight is 222 g/mol. The largest absolute Gasteiger partial charge is 0.493 e. The normalized spacial score (nSPS) is 20.5. The molecule has 4 heteroatoms. The van der Waals surface area contributed by atoms with Crippen molar-refractivity contribution in [2.45, 2.75) is 6.10 Å². The number of rotatable bonds is 3. The van der Waals surface area contributed by atoms with Crippen LogP contribution in [0, 0.1) is 0 Å². The minimum Gasteiger partial charge on any atom is -0.493 e. The molecule has 16 heavy (non-hydrogen) atoms. The third kappa shape index (κ3) is 2.28. The maximum atomic E-state index is 5.65. The minimum atomic E-state index is 0.0496. The first-order chi connectivity index (χ1) is 7.85. The van der Waals surface area contributed by atoms with E-state index in [1.807, 2.05) is 18.2 Å². The van der Waals surface area contributed by atoms with Crippen molar-refractivity contribution in [2.75, 3.05) is 33.9 Å². The summed E-state index contributed by atoms with van der Waals surface area (Å²) in [5, 5.41) is 4.34. The lowest BCUT2D eigenvalue weighted by molar-refractivity contribution is 0.0259. The molecule has 0 aliphatic carbocycles. The van der Waals surface area contributed by atoms with Gasteiger partial charge in [0.1, 0.15) is 0 Å². The molecule has 4 nitrogen and oxygen atoms in total. The molecule has 1 aromatic carbocycles. The fourth-order valence-corrected chi connectivity index (χ4v) is 1.78. The van der Waals surface area contributed by atoms with E-state index in [1.165, 1.54) is 0 Å². The van der Waals surface area contributed by atoms with Crippen molar-refractivity contribution >= 4 is 0 Å². The van der Waals surface area contributed by atoms with Crippen LogP contribution in [0.2, 0.25) is 0 Å². The summed E-state index contributed by atoms with van der Waals surface area (Å²) < 4.78 is 16.1. The number of nitrogens with zero attached hydrogens (tertiary/aromatic N) is 1. The smallest absolute Gasteiger partial charge is 0.161 e. The Labute approximate surface area is 95.5 Å². The Hall–Kier alpha value is -1.26. The van der Waals surface area contributed by atoms with Crippen molar-refractivity contribution in [3.8, 4) is 11.5 Å². The number of morpholine rings is 1. The van der Waals surface area contributed by atoms with Crippen LogP contribution < -0.4 is 14.8 Å². The molecule has 0 spiro atoms. The summed E-state index contributed by atoms with van der Waals surface area (Å²) in [5.74, 6) is 1.47. The van der Waals surface area contributed by atoms with Crippen LogP contribution in [0.1, 0.15) is 11.7 Å². The molecule has 2 rings (SSSR count). The quantitative estimate of drug-likeness (QED) is 0.775. The highest BCUT2D eigenvalue weighted by atomic mass is 16.5. The van der Waals surface area contributed by atoms with E-state index < -0.39 is 0 Å². The zero-order valence-electron chi connectivity index (χ0n) is 9.60. The number of methoxy groups -OCH3 is 2. The summed E-state index contributed by atoms with van der Waals surface area (Å²) in [6.07, 6.45) is 0.0496. The Morgan fingerprint density at radius 2 is 2.06 bits per heavy atom. The van der Waals surface area contributed by atoms with Crippen LogP contribution in [0.25, 0.3) is 0 Å². The fraction of sp³-hybridized carbons (Fsp3) is 0.500. The fourth-order valence-electron chi connectivity index (χ4n) is 1.78. The highest BCUT2D eigenvalue weighted by Gasteiger charge is 2.18. The van der Waals surface area contributed by atoms with Gasteiger partial charge in [0.05, 0.1) is 26.9 Å². The Balaban J connectivity index is 2.20. The van der Waals surface area contributed by atoms with Gasteiger partial charge in [0.2, 0.25) is 0 Å². The van der Waals surface area contributed by atoms with Crippen LogP contribution in [-0.2, 0) is 4.74 Å². The van der Waals surface area contributed by atoms with Crippen LogP contribution in [-0.4, -0.2) is 33.9 Å². The van der Waals surface area contributed by atoms with E-state index in [2.05, 4.69) is 5.32 Å². The van der Waals surface area contributed by atoms with E-state index in [-0.39, 0.29) is 6.10 Å². The van der Waals surface area contributed by atoms with Crippen LogP contribution >= 0.6 is 0 Å². The van der Waals surface area contributed by atoms with Crippen molar-refractivity contribution < 1.29 is 14.2 Å². The van der Waals surface area contributed by atoms with Crippen LogP contribution in [0.5, 0.6) is 11.5 Å². The van der Waals surface area contributed by atoms with Gasteiger partial charge in [0, 0.05) is 13.1 Å². The molecule has 0 unspecified atom stereocenters. The standard InChI is InChI=1S/C12H16NO3/c1-14-10-4-3-9(7-11(10)15-2)12-8-13-5-6-16-12/h3-4,7,12H,5-6,8H2,1-2H3/t12-/m1/s1. The summed E-state index contributed by atoms with van der Waals surface area (Å²) in [7, 11) is 3.26. The Morgan fingerprint density at radius 1 is 1.25 bits per heavy atom. The molecule has 1 saturated heterocycles. The van der Waals surface area contributed by atoms with Gasteiger partial charge < -0.3 is 14.2 Å². The zero-order valence-corrected chi connectivity index (χ0v) is 9.60. The van der Waals surface area contributed by atoms with Crippen LogP contribution in [0.4, 0.5) is 0 Å². The molecule has 1 heterocycles. The number of hydrogen-bond acceptors (Lipinski definition) is 3. The molecule has 1 radical (unpaired) electrons. The van der Waals surface area contributed by atoms with Crippen molar-refractivity contribution in [2.24, 2.45) is 0 Å². The van der Waals surface area contributed by atoms with Crippen LogP contribution in [0.3, 0.4) is 0 Å². The first-order valence-corrected chi connectivity index (χ1v) is 5.32. The first kappa shape index (κ1) is 11.2. The maximum Gasteiger partial charge on any atom is 0.161 e. The predicted octanol–water partition coefficient (Wildman–Crippen LogP) is 1.38. The lowest BCUT2D eigenvalue weighted by atomic mass is 10.1. The van der Waals surface area contributed by atoms with Gasteiger partial charge in [-0.25, -0.2) is 5.32 Å². The number of hydrogen-bond donors (Lipinski definition) is 0. The Morgan fingerprint density at radius 3 is 2.69 bits per heavy atom. The molecule has 1 aliphatic heterocycles. The van der Waals surface area contributed by atoms with Gasteiger partial charge >= 0.3 is 0 Å². The Kier molecular flexibility index (Phi) is 3.64. The maximum absolute atomic E-state index is 5.65. The number of benzene rings is 1. The second-order valence-electron chi connectivity index (χ2n) is 3.60. The second kappa shape index (κ2) is 5.18. The highest BCUT2D eigenvalue weighted by molar-refractivity contribution is 5.43. The molecule has 0 amide bonds. The predicted molar refractivity (Wildman–Crippen MR) is 60.1 cm³/mol. The first-order valence-electron chi connectivity index (χ1n) is 5.32. The molecule has 0 aromatic heterocycles. The van der Waals surface area contributed by atoms with E-state index in [1.54, 1.807) is 14.2 Å². The van der Waals surface area contributed by atoms with Crippen LogP contribution in [0.15, 0.2) is 18.2 Å². The van der Waals surface area contributed by atoms with Gasteiger partial charge in [-0.1, -0.05) is 6.07 Å². The number of ether oxygens (including phenoxy) is 3. The summed E-state index contributed by atoms with van der Waals surface area (Å²) >= 11 is 0. The summed E-state index contributed by atoms with van der Waals surface area (Å²) in [4.78, 5) is 0. The molecule has 1 fully saturated rings. The monoisotopic (exact) mass is 222 g/mol. The van der Waals surface area contributed by atoms with E-state index in [0.29, 0.717) is 6.61 Å². The molecule has 1 atom stereocenters. The van der Waals surface area contributed by atoms with Gasteiger partial charge in [0.15, 0.2) is 11.5 Å². The molecule has 1 aromatic rings. The van der Waals surface area contributed by atoms with Gasteiger partial charge in [-0.3, -0.25) is 0 Å². The van der Waals surface area contributed by atoms with Gasteiger partial charge in [-0.2, -0.15) is 0 Å². The van der Waals surface area contributed by atoms with Crippen molar-refractivity contribution in [1.82, 2.24) is 5.32 Å². The SMILES string of the molecule is COc1ccc([C@H]2C[N]CCO2)cc1OC.